The summed E-state index contributed by atoms with van der Waals surface area (Å²) in [6.07, 6.45) is 1.66. The summed E-state index contributed by atoms with van der Waals surface area (Å²) in [6, 6.07) is 4.38. The second kappa shape index (κ2) is 8.79. The molecule has 0 bridgehead atoms. The van der Waals surface area contributed by atoms with E-state index in [1.165, 1.54) is 11.1 Å². The second-order valence-electron chi connectivity index (χ2n) is 8.04. The van der Waals surface area contributed by atoms with Crippen LogP contribution in [0.2, 0.25) is 0 Å². The quantitative estimate of drug-likeness (QED) is 0.709. The number of carbonyl (C=O) groups is 2. The van der Waals surface area contributed by atoms with Crippen LogP contribution in [0.4, 0.5) is 0 Å². The van der Waals surface area contributed by atoms with Gasteiger partial charge in [-0.2, -0.15) is 0 Å². The number of nitrogens with zero attached hydrogens (tertiary/aromatic N) is 1. The van der Waals surface area contributed by atoms with Crippen LogP contribution in [-0.4, -0.2) is 41.6 Å². The van der Waals surface area contributed by atoms with Gasteiger partial charge in [-0.05, 0) is 49.9 Å². The molecule has 1 aromatic carbocycles. The number of hydrogen-bond donors (Lipinski definition) is 1. The van der Waals surface area contributed by atoms with Crippen LogP contribution in [0.15, 0.2) is 21.5 Å². The third kappa shape index (κ3) is 5.74. The molecule has 2 rings (SSSR count). The lowest BCUT2D eigenvalue weighted by atomic mass is 9.93. The van der Waals surface area contributed by atoms with Crippen molar-refractivity contribution in [2.24, 2.45) is 5.41 Å². The number of piperidine rings is 1. The average Bonchev–Trinajstić information content (AvgIpc) is 2.56. The molecule has 1 fully saturated rings. The lowest BCUT2D eigenvalue weighted by Gasteiger charge is -2.36. The first-order valence-electron chi connectivity index (χ1n) is 9.06. The van der Waals surface area contributed by atoms with E-state index < -0.39 is 0 Å². The van der Waals surface area contributed by atoms with Gasteiger partial charge in [-0.1, -0.05) is 36.7 Å². The average molecular weight is 441 g/mol. The maximum atomic E-state index is 12.3. The van der Waals surface area contributed by atoms with Gasteiger partial charge in [0.1, 0.15) is 0 Å². The molecule has 1 aliphatic heterocycles. The number of hydrogen-bond acceptors (Lipinski definition) is 3. The number of likely N-dealkylation sites (tertiary alicyclic amines) is 1. The Kier molecular flexibility index (Phi) is 7.19. The van der Waals surface area contributed by atoms with Crippen LogP contribution in [0.3, 0.4) is 0 Å². The first-order chi connectivity index (χ1) is 12.1. The lowest BCUT2D eigenvalue weighted by molar-refractivity contribution is -0.140. The minimum atomic E-state index is -0.340. The van der Waals surface area contributed by atoms with Crippen molar-refractivity contribution >= 4 is 39.5 Å². The monoisotopic (exact) mass is 440 g/mol. The van der Waals surface area contributed by atoms with Crippen LogP contribution >= 0.6 is 27.7 Å². The summed E-state index contributed by atoms with van der Waals surface area (Å²) < 4.78 is 1.10. The van der Waals surface area contributed by atoms with Gasteiger partial charge in [-0.25, -0.2) is 0 Å². The van der Waals surface area contributed by atoms with Gasteiger partial charge in [0.05, 0.1) is 5.75 Å². The van der Waals surface area contributed by atoms with Gasteiger partial charge >= 0.3 is 0 Å². The molecule has 6 heteroatoms. The van der Waals surface area contributed by atoms with E-state index in [0.29, 0.717) is 5.75 Å². The van der Waals surface area contributed by atoms with Crippen molar-refractivity contribution in [2.45, 2.75) is 58.4 Å². The Morgan fingerprint density at radius 3 is 2.38 bits per heavy atom. The van der Waals surface area contributed by atoms with Gasteiger partial charge in [-0.3, -0.25) is 9.59 Å². The number of nitrogens with one attached hydrogen (secondary N) is 1. The Balaban J connectivity index is 1.79. The molecule has 1 aliphatic rings. The predicted molar refractivity (Wildman–Crippen MR) is 112 cm³/mol. The van der Waals surface area contributed by atoms with Crippen molar-refractivity contribution in [2.75, 3.05) is 18.8 Å². The van der Waals surface area contributed by atoms with Crippen molar-refractivity contribution in [1.29, 1.82) is 0 Å². The minimum Gasteiger partial charge on any atom is -0.353 e. The highest BCUT2D eigenvalue weighted by atomic mass is 79.9. The number of aryl methyl sites for hydroxylation is 2. The summed E-state index contributed by atoms with van der Waals surface area (Å²) in [5.74, 6) is 0.678. The number of amides is 2. The fraction of sp³-hybridized carbons (Fsp3) is 0.600. The first-order valence-corrected chi connectivity index (χ1v) is 10.8. The number of benzene rings is 1. The van der Waals surface area contributed by atoms with Crippen LogP contribution in [0.1, 0.15) is 44.7 Å². The number of thioether (sulfide) groups is 1. The van der Waals surface area contributed by atoms with E-state index in [2.05, 4.69) is 47.2 Å². The third-order valence-corrected chi connectivity index (χ3v) is 6.62. The van der Waals surface area contributed by atoms with E-state index in [4.69, 9.17) is 0 Å². The van der Waals surface area contributed by atoms with Crippen LogP contribution in [0.25, 0.3) is 0 Å². The number of carbonyl (C=O) groups excluding carboxylic acids is 2. The van der Waals surface area contributed by atoms with E-state index in [9.17, 15) is 9.59 Å². The summed E-state index contributed by atoms with van der Waals surface area (Å²) in [6.45, 7) is 11.4. The van der Waals surface area contributed by atoms with Gasteiger partial charge in [-0.15, -0.1) is 11.8 Å². The van der Waals surface area contributed by atoms with Crippen LogP contribution in [0, 0.1) is 19.3 Å². The Bertz CT molecular complexity index is 677. The molecule has 1 saturated heterocycles. The van der Waals surface area contributed by atoms with Crippen LogP contribution < -0.4 is 5.32 Å². The zero-order chi connectivity index (χ0) is 19.5. The van der Waals surface area contributed by atoms with E-state index >= 15 is 0 Å². The van der Waals surface area contributed by atoms with E-state index in [-0.39, 0.29) is 23.3 Å². The Morgan fingerprint density at radius 1 is 1.19 bits per heavy atom. The molecule has 0 aliphatic carbocycles. The SMILES string of the molecule is Cc1cc(SCC(=O)NC2CCN(C(=O)C(C)(C)C)CC2)c(C)cc1Br. The second-order valence-corrected chi connectivity index (χ2v) is 9.91. The Morgan fingerprint density at radius 2 is 1.81 bits per heavy atom. The molecular weight excluding hydrogens is 412 g/mol. The van der Waals surface area contributed by atoms with E-state index in [1.54, 1.807) is 11.8 Å². The largest absolute Gasteiger partial charge is 0.353 e. The van der Waals surface area contributed by atoms with Gasteiger partial charge in [0.2, 0.25) is 11.8 Å². The van der Waals surface area contributed by atoms with Crippen molar-refractivity contribution in [3.05, 3.63) is 27.7 Å². The zero-order valence-corrected chi connectivity index (χ0v) is 18.7. The molecule has 1 aromatic rings. The third-order valence-electron chi connectivity index (χ3n) is 4.60. The smallest absolute Gasteiger partial charge is 0.230 e. The maximum absolute atomic E-state index is 12.3. The van der Waals surface area contributed by atoms with Gasteiger partial charge in [0.15, 0.2) is 0 Å². The topological polar surface area (TPSA) is 49.4 Å². The number of halogens is 1. The molecular formula is C20H29BrN2O2S. The first kappa shape index (κ1) is 21.3. The molecule has 0 aromatic heterocycles. The molecule has 2 amide bonds. The highest BCUT2D eigenvalue weighted by Gasteiger charge is 2.30. The zero-order valence-electron chi connectivity index (χ0n) is 16.3. The lowest BCUT2D eigenvalue weighted by Crippen LogP contribution is -2.49. The summed E-state index contributed by atoms with van der Waals surface area (Å²) >= 11 is 5.11. The fourth-order valence-electron chi connectivity index (χ4n) is 3.02. The van der Waals surface area contributed by atoms with Crippen molar-refractivity contribution in [3.8, 4) is 0 Å². The van der Waals surface area contributed by atoms with Crippen molar-refractivity contribution < 1.29 is 9.59 Å². The van der Waals surface area contributed by atoms with Gasteiger partial charge in [0, 0.05) is 33.9 Å². The van der Waals surface area contributed by atoms with Crippen molar-refractivity contribution in [1.82, 2.24) is 10.2 Å². The normalized spacial score (nSPS) is 15.8. The Hall–Kier alpha value is -1.01. The summed E-state index contributed by atoms with van der Waals surface area (Å²) in [5.41, 5.74) is 2.01. The summed E-state index contributed by atoms with van der Waals surface area (Å²) in [5, 5.41) is 3.13. The molecule has 26 heavy (non-hydrogen) atoms. The fourth-order valence-corrected chi connectivity index (χ4v) is 4.40. The molecule has 144 valence electrons. The van der Waals surface area contributed by atoms with Crippen LogP contribution in [-0.2, 0) is 9.59 Å². The maximum Gasteiger partial charge on any atom is 0.230 e. The highest BCUT2D eigenvalue weighted by Crippen LogP contribution is 2.28. The van der Waals surface area contributed by atoms with E-state index in [0.717, 1.165) is 35.3 Å². The Labute approximate surface area is 169 Å². The molecule has 1 heterocycles. The van der Waals surface area contributed by atoms with Crippen LogP contribution in [0.5, 0.6) is 0 Å². The molecule has 0 unspecified atom stereocenters. The van der Waals surface area contributed by atoms with Crippen molar-refractivity contribution in [3.63, 3.8) is 0 Å². The molecule has 1 N–H and O–H groups in total. The standard InChI is InChI=1S/C20H29BrN2O2S/c1-13-11-17(14(2)10-16(13)21)26-12-18(24)22-15-6-8-23(9-7-15)19(25)20(3,4)5/h10-11,15H,6-9,12H2,1-5H3,(H,22,24). The van der Waals surface area contributed by atoms with Gasteiger partial charge in [0.25, 0.3) is 0 Å². The molecule has 0 atom stereocenters. The predicted octanol–water partition coefficient (Wildman–Crippen LogP) is 4.31. The number of rotatable bonds is 4. The summed E-state index contributed by atoms with van der Waals surface area (Å²) in [7, 11) is 0. The summed E-state index contributed by atoms with van der Waals surface area (Å²) in [4.78, 5) is 27.7. The molecule has 0 spiro atoms. The molecule has 0 saturated carbocycles. The molecule has 0 radical (unpaired) electrons. The molecule has 4 nitrogen and oxygen atoms in total. The van der Waals surface area contributed by atoms with Gasteiger partial charge < -0.3 is 10.2 Å². The minimum absolute atomic E-state index is 0.0653. The highest BCUT2D eigenvalue weighted by molar-refractivity contribution is 9.10. The van der Waals surface area contributed by atoms with E-state index in [1.807, 2.05) is 25.7 Å².